The second-order valence-electron chi connectivity index (χ2n) is 3.08. The second-order valence-corrected chi connectivity index (χ2v) is 3.08. The molecule has 0 fully saturated rings. The van der Waals surface area contributed by atoms with Crippen molar-refractivity contribution in [1.82, 2.24) is 0 Å². The van der Waals surface area contributed by atoms with Crippen LogP contribution in [0.15, 0.2) is 36.6 Å². The van der Waals surface area contributed by atoms with E-state index in [1.54, 1.807) is 18.4 Å². The summed E-state index contributed by atoms with van der Waals surface area (Å²) in [6.45, 7) is 0. The molecule has 1 aliphatic heterocycles. The van der Waals surface area contributed by atoms with Gasteiger partial charge in [-0.2, -0.15) is 0 Å². The molecule has 1 atom stereocenters. The molecule has 0 aliphatic carbocycles. The molecule has 0 amide bonds. The largest absolute Gasteiger partial charge is 0.493 e. The van der Waals surface area contributed by atoms with Crippen molar-refractivity contribution in [2.75, 3.05) is 0 Å². The first-order valence-electron chi connectivity index (χ1n) is 4.32. The predicted octanol–water partition coefficient (Wildman–Crippen LogP) is 2.57. The molecule has 1 aromatic carbocycles. The van der Waals surface area contributed by atoms with Crippen LogP contribution in [-0.2, 0) is 4.74 Å². The lowest BCUT2D eigenvalue weighted by Gasteiger charge is -2.09. The number of nitrogens with zero attached hydrogens (tertiary/aromatic N) is 1. The maximum atomic E-state index is 10.5. The molecular weight excluding hydrogens is 182 g/mol. The Hall–Kier alpha value is -1.84. The van der Waals surface area contributed by atoms with Crippen LogP contribution < -0.4 is 0 Å². The third-order valence-electron chi connectivity index (χ3n) is 2.14. The van der Waals surface area contributed by atoms with Gasteiger partial charge in [0.1, 0.15) is 6.10 Å². The molecule has 4 heteroatoms. The predicted molar refractivity (Wildman–Crippen MR) is 50.7 cm³/mol. The molecule has 2 rings (SSSR count). The molecule has 0 aromatic heterocycles. The first kappa shape index (κ1) is 8.74. The van der Waals surface area contributed by atoms with Crippen molar-refractivity contribution in [2.45, 2.75) is 12.5 Å². The van der Waals surface area contributed by atoms with Gasteiger partial charge in [-0.05, 0) is 11.6 Å². The Morgan fingerprint density at radius 1 is 1.50 bits per heavy atom. The molecule has 0 saturated carbocycles. The zero-order valence-electron chi connectivity index (χ0n) is 7.42. The van der Waals surface area contributed by atoms with E-state index in [4.69, 9.17) is 4.74 Å². The highest BCUT2D eigenvalue weighted by atomic mass is 16.6. The van der Waals surface area contributed by atoms with E-state index >= 15 is 0 Å². The number of non-ortho nitro benzene ring substituents is 1. The Balaban J connectivity index is 2.26. The second kappa shape index (κ2) is 3.49. The van der Waals surface area contributed by atoms with Crippen LogP contribution in [0, 0.1) is 10.1 Å². The van der Waals surface area contributed by atoms with E-state index in [1.165, 1.54) is 6.07 Å². The van der Waals surface area contributed by atoms with Gasteiger partial charge in [-0.1, -0.05) is 12.1 Å². The topological polar surface area (TPSA) is 52.4 Å². The molecule has 72 valence electrons. The van der Waals surface area contributed by atoms with Gasteiger partial charge in [0.25, 0.3) is 5.69 Å². The van der Waals surface area contributed by atoms with E-state index in [9.17, 15) is 10.1 Å². The van der Waals surface area contributed by atoms with Crippen LogP contribution >= 0.6 is 0 Å². The smallest absolute Gasteiger partial charge is 0.269 e. The van der Waals surface area contributed by atoms with Crippen molar-refractivity contribution in [2.24, 2.45) is 0 Å². The molecule has 1 heterocycles. The molecule has 0 bridgehead atoms. The first-order chi connectivity index (χ1) is 6.77. The highest BCUT2D eigenvalue weighted by Crippen LogP contribution is 2.28. The molecule has 0 N–H and O–H groups in total. The van der Waals surface area contributed by atoms with E-state index in [1.807, 2.05) is 12.1 Å². The Morgan fingerprint density at radius 2 is 2.36 bits per heavy atom. The normalized spacial score (nSPS) is 19.3. The van der Waals surface area contributed by atoms with Crippen molar-refractivity contribution in [3.05, 3.63) is 52.3 Å². The van der Waals surface area contributed by atoms with Crippen molar-refractivity contribution in [1.29, 1.82) is 0 Å². The molecule has 0 spiro atoms. The van der Waals surface area contributed by atoms with E-state index in [0.29, 0.717) is 0 Å². The van der Waals surface area contributed by atoms with Gasteiger partial charge in [-0.3, -0.25) is 10.1 Å². The van der Waals surface area contributed by atoms with Gasteiger partial charge in [0.2, 0.25) is 0 Å². The summed E-state index contributed by atoms with van der Waals surface area (Å²) in [5, 5.41) is 10.5. The number of hydrogen-bond acceptors (Lipinski definition) is 3. The van der Waals surface area contributed by atoms with Crippen molar-refractivity contribution in [3.8, 4) is 0 Å². The van der Waals surface area contributed by atoms with Gasteiger partial charge in [-0.25, -0.2) is 0 Å². The fourth-order valence-corrected chi connectivity index (χ4v) is 1.44. The monoisotopic (exact) mass is 191 g/mol. The van der Waals surface area contributed by atoms with Crippen molar-refractivity contribution >= 4 is 5.69 Å². The lowest BCUT2D eigenvalue weighted by atomic mass is 10.1. The number of nitro benzene ring substituents is 1. The van der Waals surface area contributed by atoms with E-state index in [2.05, 4.69) is 0 Å². The Kier molecular flexibility index (Phi) is 2.18. The quantitative estimate of drug-likeness (QED) is 0.533. The van der Waals surface area contributed by atoms with Gasteiger partial charge in [0.05, 0.1) is 11.2 Å². The summed E-state index contributed by atoms with van der Waals surface area (Å²) in [6.07, 6.45) is 4.25. The van der Waals surface area contributed by atoms with Crippen LogP contribution in [-0.4, -0.2) is 4.92 Å². The summed E-state index contributed by atoms with van der Waals surface area (Å²) in [7, 11) is 0. The minimum Gasteiger partial charge on any atom is -0.493 e. The summed E-state index contributed by atoms with van der Waals surface area (Å²) in [5.41, 5.74) is 0.960. The van der Waals surface area contributed by atoms with E-state index in [-0.39, 0.29) is 11.8 Å². The molecule has 1 aromatic rings. The molecule has 14 heavy (non-hydrogen) atoms. The molecule has 0 radical (unpaired) electrons. The van der Waals surface area contributed by atoms with Crippen molar-refractivity contribution in [3.63, 3.8) is 0 Å². The minimum atomic E-state index is -0.397. The first-order valence-corrected chi connectivity index (χ1v) is 4.32. The lowest BCUT2D eigenvalue weighted by Crippen LogP contribution is -1.96. The summed E-state index contributed by atoms with van der Waals surface area (Å²) < 4.78 is 5.27. The van der Waals surface area contributed by atoms with Crippen LogP contribution in [0.4, 0.5) is 5.69 Å². The fourth-order valence-electron chi connectivity index (χ4n) is 1.44. The van der Waals surface area contributed by atoms with Crippen LogP contribution in [0.2, 0.25) is 0 Å². The molecular formula is C10H9NO3. The number of rotatable bonds is 2. The van der Waals surface area contributed by atoms with E-state index < -0.39 is 4.92 Å². The molecule has 1 unspecified atom stereocenters. The number of ether oxygens (including phenoxy) is 1. The van der Waals surface area contributed by atoms with Gasteiger partial charge in [0.15, 0.2) is 0 Å². The molecule has 4 nitrogen and oxygen atoms in total. The number of nitro groups is 1. The van der Waals surface area contributed by atoms with Crippen molar-refractivity contribution < 1.29 is 9.66 Å². The Morgan fingerprint density at radius 3 is 3.00 bits per heavy atom. The fraction of sp³-hybridized carbons (Fsp3) is 0.200. The van der Waals surface area contributed by atoms with Gasteiger partial charge in [-0.15, -0.1) is 0 Å². The average Bonchev–Trinajstić information content (AvgIpc) is 2.71. The SMILES string of the molecule is O=[N+]([O-])c1cccc(C2CC=CO2)c1. The highest BCUT2D eigenvalue weighted by Gasteiger charge is 2.16. The van der Waals surface area contributed by atoms with Crippen LogP contribution in [0.5, 0.6) is 0 Å². The Labute approximate surface area is 81.0 Å². The highest BCUT2D eigenvalue weighted by molar-refractivity contribution is 5.35. The summed E-state index contributed by atoms with van der Waals surface area (Å²) >= 11 is 0. The van der Waals surface area contributed by atoms with Crippen LogP contribution in [0.25, 0.3) is 0 Å². The average molecular weight is 191 g/mol. The van der Waals surface area contributed by atoms with E-state index in [0.717, 1.165) is 12.0 Å². The van der Waals surface area contributed by atoms with Crippen LogP contribution in [0.3, 0.4) is 0 Å². The standard InChI is InChI=1S/C10H9NO3/c12-11(13)9-4-1-3-8(7-9)10-5-2-6-14-10/h1-4,6-7,10H,5H2. The van der Waals surface area contributed by atoms with Crippen LogP contribution in [0.1, 0.15) is 18.1 Å². The zero-order valence-corrected chi connectivity index (χ0v) is 7.42. The minimum absolute atomic E-state index is 0.0603. The summed E-state index contributed by atoms with van der Waals surface area (Å²) in [5.74, 6) is 0. The molecule has 0 saturated heterocycles. The lowest BCUT2D eigenvalue weighted by molar-refractivity contribution is -0.385. The maximum absolute atomic E-state index is 10.5. The summed E-state index contributed by atoms with van der Waals surface area (Å²) in [4.78, 5) is 10.1. The number of benzene rings is 1. The van der Waals surface area contributed by atoms with Gasteiger partial charge in [0, 0.05) is 18.6 Å². The number of hydrogen-bond donors (Lipinski definition) is 0. The third-order valence-corrected chi connectivity index (χ3v) is 2.14. The summed E-state index contributed by atoms with van der Waals surface area (Å²) in [6, 6.07) is 6.54. The van der Waals surface area contributed by atoms with Gasteiger partial charge >= 0.3 is 0 Å². The Bertz CT molecular complexity index is 379. The van der Waals surface area contributed by atoms with Gasteiger partial charge < -0.3 is 4.74 Å². The zero-order chi connectivity index (χ0) is 9.97. The third kappa shape index (κ3) is 1.59. The molecule has 1 aliphatic rings. The maximum Gasteiger partial charge on any atom is 0.269 e.